The molecule has 0 aromatic heterocycles. The van der Waals surface area contributed by atoms with Crippen LogP contribution in [0.1, 0.15) is 10.4 Å². The highest BCUT2D eigenvalue weighted by atomic mass is 35.5. The molecule has 1 aromatic rings. The van der Waals surface area contributed by atoms with Gasteiger partial charge in [0, 0.05) is 25.8 Å². The smallest absolute Gasteiger partial charge is 0.152 e. The minimum absolute atomic E-state index is 0.563. The Balaban J connectivity index is 3.06. The van der Waals surface area contributed by atoms with E-state index >= 15 is 0 Å². The molecule has 0 unspecified atom stereocenters. The van der Waals surface area contributed by atoms with E-state index in [1.807, 2.05) is 4.90 Å². The summed E-state index contributed by atoms with van der Waals surface area (Å²) in [5, 5.41) is 0.563. The molecule has 92 valence electrons. The third-order valence-electron chi connectivity index (χ3n) is 2.38. The van der Waals surface area contributed by atoms with E-state index in [2.05, 4.69) is 6.58 Å². The summed E-state index contributed by atoms with van der Waals surface area (Å²) in [6.45, 7) is 5.55. The fourth-order valence-electron chi connectivity index (χ4n) is 1.61. The molecule has 0 aliphatic rings. The molecule has 0 aliphatic heterocycles. The molecule has 0 fully saturated rings. The highest BCUT2D eigenvalue weighted by Gasteiger charge is 2.13. The van der Waals surface area contributed by atoms with Crippen LogP contribution in [0.15, 0.2) is 30.9 Å². The van der Waals surface area contributed by atoms with Gasteiger partial charge in [-0.15, -0.1) is 6.58 Å². The average Bonchev–Trinajstić information content (AvgIpc) is 2.34. The Morgan fingerprint density at radius 3 is 2.88 bits per heavy atom. The second-order valence-electron chi connectivity index (χ2n) is 3.52. The Hall–Kier alpha value is -1.32. The summed E-state index contributed by atoms with van der Waals surface area (Å²) in [6.07, 6.45) is 2.58. The number of methoxy groups -OCH3 is 1. The molecule has 0 heterocycles. The minimum Gasteiger partial charge on any atom is -0.383 e. The highest BCUT2D eigenvalue weighted by Crippen LogP contribution is 2.28. The van der Waals surface area contributed by atoms with Crippen molar-refractivity contribution in [2.24, 2.45) is 0 Å². The predicted molar refractivity (Wildman–Crippen MR) is 71.1 cm³/mol. The van der Waals surface area contributed by atoms with Gasteiger partial charge in [-0.25, -0.2) is 0 Å². The van der Waals surface area contributed by atoms with Crippen LogP contribution in [0.2, 0.25) is 5.02 Å². The van der Waals surface area contributed by atoms with Crippen molar-refractivity contribution in [3.05, 3.63) is 41.4 Å². The van der Waals surface area contributed by atoms with Crippen LogP contribution in [-0.2, 0) is 4.74 Å². The number of carbonyl (C=O) groups is 1. The zero-order valence-electron chi connectivity index (χ0n) is 9.86. The van der Waals surface area contributed by atoms with Gasteiger partial charge in [0.05, 0.1) is 17.3 Å². The van der Waals surface area contributed by atoms with Crippen molar-refractivity contribution < 1.29 is 9.53 Å². The summed E-state index contributed by atoms with van der Waals surface area (Å²) in [5.41, 5.74) is 1.32. The number of carbonyl (C=O) groups excluding carboxylic acids is 1. The minimum atomic E-state index is 0.563. The van der Waals surface area contributed by atoms with Crippen molar-refractivity contribution in [2.45, 2.75) is 0 Å². The van der Waals surface area contributed by atoms with Crippen LogP contribution in [0.5, 0.6) is 0 Å². The molecular weight excluding hydrogens is 238 g/mol. The lowest BCUT2D eigenvalue weighted by Crippen LogP contribution is -2.28. The molecule has 0 amide bonds. The maximum atomic E-state index is 11.0. The number of anilines is 1. The van der Waals surface area contributed by atoms with E-state index < -0.39 is 0 Å². The molecule has 0 aliphatic carbocycles. The molecule has 0 N–H and O–H groups in total. The van der Waals surface area contributed by atoms with Gasteiger partial charge in [-0.05, 0) is 12.1 Å². The third kappa shape index (κ3) is 3.58. The van der Waals surface area contributed by atoms with E-state index in [1.54, 1.807) is 31.4 Å². The molecule has 0 radical (unpaired) electrons. The molecule has 0 saturated heterocycles. The van der Waals surface area contributed by atoms with Gasteiger partial charge in [0.25, 0.3) is 0 Å². The summed E-state index contributed by atoms with van der Waals surface area (Å²) in [6, 6.07) is 5.28. The Bertz CT molecular complexity index is 393. The van der Waals surface area contributed by atoms with Gasteiger partial charge in [0.1, 0.15) is 0 Å². The number of benzene rings is 1. The van der Waals surface area contributed by atoms with Crippen LogP contribution in [0.3, 0.4) is 0 Å². The van der Waals surface area contributed by atoms with E-state index in [1.165, 1.54) is 0 Å². The van der Waals surface area contributed by atoms with E-state index in [-0.39, 0.29) is 0 Å². The van der Waals surface area contributed by atoms with E-state index in [9.17, 15) is 4.79 Å². The van der Waals surface area contributed by atoms with Crippen LogP contribution in [0.4, 0.5) is 5.69 Å². The first-order valence-corrected chi connectivity index (χ1v) is 5.70. The van der Waals surface area contributed by atoms with Crippen molar-refractivity contribution in [1.82, 2.24) is 0 Å². The summed E-state index contributed by atoms with van der Waals surface area (Å²) >= 11 is 6.14. The number of rotatable bonds is 7. The topological polar surface area (TPSA) is 29.5 Å². The molecular formula is C13H16ClNO2. The largest absolute Gasteiger partial charge is 0.383 e. The molecule has 0 saturated carbocycles. The number of nitrogens with zero attached hydrogens (tertiary/aromatic N) is 1. The zero-order chi connectivity index (χ0) is 12.7. The lowest BCUT2D eigenvalue weighted by atomic mass is 10.1. The first-order valence-electron chi connectivity index (χ1n) is 5.33. The highest BCUT2D eigenvalue weighted by molar-refractivity contribution is 6.33. The van der Waals surface area contributed by atoms with Crippen molar-refractivity contribution >= 4 is 23.6 Å². The second kappa shape index (κ2) is 7.09. The first kappa shape index (κ1) is 13.7. The number of hydrogen-bond acceptors (Lipinski definition) is 3. The number of para-hydroxylation sites is 1. The Labute approximate surface area is 107 Å². The standard InChI is InChI=1S/C13H16ClNO2/c1-3-7-15(8-9-17-2)13-11(10-16)5-4-6-12(13)14/h3-6,10H,1,7-9H2,2H3. The van der Waals surface area contributed by atoms with Gasteiger partial charge >= 0.3 is 0 Å². The van der Waals surface area contributed by atoms with E-state index in [4.69, 9.17) is 16.3 Å². The number of ether oxygens (including phenoxy) is 1. The quantitative estimate of drug-likeness (QED) is 0.553. The molecule has 0 spiro atoms. The average molecular weight is 254 g/mol. The van der Waals surface area contributed by atoms with Gasteiger partial charge in [0.2, 0.25) is 0 Å². The van der Waals surface area contributed by atoms with Gasteiger partial charge in [0.15, 0.2) is 6.29 Å². The normalized spacial score (nSPS) is 10.0. The zero-order valence-corrected chi connectivity index (χ0v) is 10.6. The number of halogens is 1. The van der Waals surface area contributed by atoms with Gasteiger partial charge in [-0.3, -0.25) is 4.79 Å². The van der Waals surface area contributed by atoms with Crippen molar-refractivity contribution in [2.75, 3.05) is 31.7 Å². The molecule has 0 atom stereocenters. The van der Waals surface area contributed by atoms with Crippen LogP contribution in [0, 0.1) is 0 Å². The van der Waals surface area contributed by atoms with Crippen LogP contribution < -0.4 is 4.90 Å². The van der Waals surface area contributed by atoms with E-state index in [0.29, 0.717) is 30.3 Å². The fourth-order valence-corrected chi connectivity index (χ4v) is 1.91. The summed E-state index contributed by atoms with van der Waals surface area (Å²) in [5.74, 6) is 0. The van der Waals surface area contributed by atoms with Crippen LogP contribution >= 0.6 is 11.6 Å². The summed E-state index contributed by atoms with van der Waals surface area (Å²) < 4.78 is 5.05. The van der Waals surface area contributed by atoms with Crippen molar-refractivity contribution in [3.8, 4) is 0 Å². The van der Waals surface area contributed by atoms with Crippen molar-refractivity contribution in [3.63, 3.8) is 0 Å². The number of aldehydes is 1. The third-order valence-corrected chi connectivity index (χ3v) is 2.68. The molecule has 1 aromatic carbocycles. The van der Waals surface area contributed by atoms with Crippen LogP contribution in [0.25, 0.3) is 0 Å². The molecule has 17 heavy (non-hydrogen) atoms. The molecule has 1 rings (SSSR count). The first-order chi connectivity index (χ1) is 8.24. The molecule has 0 bridgehead atoms. The summed E-state index contributed by atoms with van der Waals surface area (Å²) in [4.78, 5) is 13.0. The lowest BCUT2D eigenvalue weighted by molar-refractivity contribution is 0.112. The SMILES string of the molecule is C=CCN(CCOC)c1c(Cl)cccc1C=O. The maximum absolute atomic E-state index is 11.0. The van der Waals surface area contributed by atoms with Gasteiger partial charge in [-0.2, -0.15) is 0 Å². The predicted octanol–water partition coefficient (Wildman–Crippen LogP) is 2.79. The maximum Gasteiger partial charge on any atom is 0.152 e. The lowest BCUT2D eigenvalue weighted by Gasteiger charge is -2.25. The van der Waals surface area contributed by atoms with Gasteiger partial charge < -0.3 is 9.64 Å². The molecule has 4 heteroatoms. The van der Waals surface area contributed by atoms with Gasteiger partial charge in [-0.1, -0.05) is 23.7 Å². The van der Waals surface area contributed by atoms with E-state index in [0.717, 1.165) is 12.0 Å². The van der Waals surface area contributed by atoms with Crippen molar-refractivity contribution in [1.29, 1.82) is 0 Å². The second-order valence-corrected chi connectivity index (χ2v) is 3.93. The fraction of sp³-hybridized carbons (Fsp3) is 0.308. The van der Waals surface area contributed by atoms with Crippen LogP contribution in [-0.4, -0.2) is 33.1 Å². The summed E-state index contributed by atoms with van der Waals surface area (Å²) in [7, 11) is 1.64. The molecule has 3 nitrogen and oxygen atoms in total. The Morgan fingerprint density at radius 2 is 2.29 bits per heavy atom. The Kier molecular flexibility index (Phi) is 5.73. The monoisotopic (exact) mass is 253 g/mol. The Morgan fingerprint density at radius 1 is 1.53 bits per heavy atom. The number of hydrogen-bond donors (Lipinski definition) is 0.